The average molecular weight is 492 g/mol. The minimum Gasteiger partial charge on any atom is -0.327 e. The van der Waals surface area contributed by atoms with E-state index in [9.17, 15) is 45.5 Å². The summed E-state index contributed by atoms with van der Waals surface area (Å²) >= 11 is 0. The number of hydrogen-bond acceptors (Lipinski definition) is 4. The number of rotatable bonds is 4. The van der Waals surface area contributed by atoms with Gasteiger partial charge in [-0.15, -0.1) is 0 Å². The summed E-state index contributed by atoms with van der Waals surface area (Å²) in [6.07, 6.45) is -7.93. The minimum absolute atomic E-state index is 0.139. The van der Waals surface area contributed by atoms with E-state index in [1.54, 1.807) is 0 Å². The molecule has 2 aromatic rings. The molecule has 1 aliphatic carbocycles. The highest BCUT2D eigenvalue weighted by Gasteiger charge is 2.34. The molecule has 0 unspecified atom stereocenters. The number of carbonyl (C=O) groups excluding carboxylic acids is 2. The summed E-state index contributed by atoms with van der Waals surface area (Å²) in [7, 11) is 0. The van der Waals surface area contributed by atoms with Gasteiger partial charge in [-0.3, -0.25) is 19.2 Å². The van der Waals surface area contributed by atoms with Gasteiger partial charge in [0.2, 0.25) is 11.8 Å². The number of amides is 2. The van der Waals surface area contributed by atoms with E-state index in [-0.39, 0.29) is 25.7 Å². The molecule has 2 amide bonds. The molecule has 0 atom stereocenters. The maximum atomic E-state index is 12.8. The maximum Gasteiger partial charge on any atom is 0.417 e. The van der Waals surface area contributed by atoms with Gasteiger partial charge in [-0.25, -0.2) is 0 Å². The molecule has 0 bridgehead atoms. The van der Waals surface area contributed by atoms with Gasteiger partial charge in [0.15, 0.2) is 0 Å². The van der Waals surface area contributed by atoms with Crippen LogP contribution in [0.3, 0.4) is 0 Å². The molecule has 0 saturated heterocycles. The second kappa shape index (κ2) is 9.35. The number of aromatic amines is 2. The largest absolute Gasteiger partial charge is 0.417 e. The average Bonchev–Trinajstić information content (AvgIpc) is 2.75. The Morgan fingerprint density at radius 2 is 1.03 bits per heavy atom. The van der Waals surface area contributed by atoms with E-state index in [0.717, 1.165) is 0 Å². The molecule has 8 nitrogen and oxygen atoms in total. The third-order valence-electron chi connectivity index (χ3n) is 5.45. The topological polar surface area (TPSA) is 124 Å². The minimum atomic E-state index is -4.73. The van der Waals surface area contributed by atoms with Crippen molar-refractivity contribution in [1.82, 2.24) is 9.97 Å². The normalized spacial score (nSPS) is 18.9. The van der Waals surface area contributed by atoms with Gasteiger partial charge < -0.3 is 20.6 Å². The van der Waals surface area contributed by atoms with Crippen molar-refractivity contribution < 1.29 is 35.9 Å². The van der Waals surface area contributed by atoms with Gasteiger partial charge in [0.25, 0.3) is 11.1 Å². The number of carbonyl (C=O) groups is 2. The highest BCUT2D eigenvalue weighted by Crippen LogP contribution is 2.32. The first-order chi connectivity index (χ1) is 15.8. The lowest BCUT2D eigenvalue weighted by molar-refractivity contribution is -0.138. The van der Waals surface area contributed by atoms with Gasteiger partial charge in [-0.2, -0.15) is 26.3 Å². The predicted molar refractivity (Wildman–Crippen MR) is 107 cm³/mol. The van der Waals surface area contributed by atoms with Crippen LogP contribution in [0.2, 0.25) is 0 Å². The first-order valence-corrected chi connectivity index (χ1v) is 9.97. The van der Waals surface area contributed by atoms with Crippen LogP contribution in [0.15, 0.2) is 34.1 Å². The summed E-state index contributed by atoms with van der Waals surface area (Å²) in [5.41, 5.74) is -5.26. The fourth-order valence-electron chi connectivity index (χ4n) is 3.57. The van der Waals surface area contributed by atoms with Gasteiger partial charge in [0.1, 0.15) is 11.4 Å². The maximum absolute atomic E-state index is 12.8. The highest BCUT2D eigenvalue weighted by atomic mass is 19.4. The van der Waals surface area contributed by atoms with Gasteiger partial charge in [0.05, 0.1) is 11.1 Å². The van der Waals surface area contributed by atoms with Crippen molar-refractivity contribution in [3.05, 3.63) is 56.4 Å². The van der Waals surface area contributed by atoms with Crippen LogP contribution < -0.4 is 21.8 Å². The van der Waals surface area contributed by atoms with Crippen LogP contribution >= 0.6 is 0 Å². The Labute approximate surface area is 186 Å². The second-order valence-corrected chi connectivity index (χ2v) is 7.78. The number of H-pyrrole nitrogens is 2. The molecule has 0 aromatic carbocycles. The molecule has 34 heavy (non-hydrogen) atoms. The first kappa shape index (κ1) is 25.1. The van der Waals surface area contributed by atoms with Crippen LogP contribution in [-0.4, -0.2) is 21.8 Å². The SMILES string of the molecule is O=C(Nc1cc(C(F)(F)F)c[nH]c1=O)C1CCC(C(=O)Nc2cc(C(F)(F)F)c[nH]c2=O)CC1. The molecule has 1 fully saturated rings. The zero-order valence-electron chi connectivity index (χ0n) is 17.2. The third-order valence-corrected chi connectivity index (χ3v) is 5.45. The quantitative estimate of drug-likeness (QED) is 0.488. The van der Waals surface area contributed by atoms with E-state index in [0.29, 0.717) is 24.5 Å². The van der Waals surface area contributed by atoms with Gasteiger partial charge in [-0.1, -0.05) is 0 Å². The summed E-state index contributed by atoms with van der Waals surface area (Å²) < 4.78 is 76.9. The highest BCUT2D eigenvalue weighted by molar-refractivity contribution is 5.94. The fraction of sp³-hybridized carbons (Fsp3) is 0.400. The van der Waals surface area contributed by atoms with Crippen LogP contribution in [0.25, 0.3) is 0 Å². The molecule has 0 radical (unpaired) electrons. The number of anilines is 2. The number of hydrogen-bond donors (Lipinski definition) is 4. The summed E-state index contributed by atoms with van der Waals surface area (Å²) in [6, 6.07) is 1.03. The fourth-order valence-corrected chi connectivity index (χ4v) is 3.57. The van der Waals surface area contributed by atoms with Gasteiger partial charge in [-0.05, 0) is 37.8 Å². The molecule has 3 rings (SSSR count). The summed E-state index contributed by atoms with van der Waals surface area (Å²) in [5, 5.41) is 4.34. The van der Waals surface area contributed by atoms with Crippen molar-refractivity contribution in [2.24, 2.45) is 11.8 Å². The van der Waals surface area contributed by atoms with Gasteiger partial charge in [0, 0.05) is 24.2 Å². The molecule has 2 aromatic heterocycles. The Kier molecular flexibility index (Phi) is 6.89. The lowest BCUT2D eigenvalue weighted by Gasteiger charge is -2.27. The molecule has 1 aliphatic rings. The molecule has 1 saturated carbocycles. The van der Waals surface area contributed by atoms with Crippen LogP contribution in [-0.2, 0) is 21.9 Å². The number of nitrogens with one attached hydrogen (secondary N) is 4. The zero-order valence-corrected chi connectivity index (χ0v) is 17.2. The second-order valence-electron chi connectivity index (χ2n) is 7.78. The number of pyridine rings is 2. The number of alkyl halides is 6. The van der Waals surface area contributed by atoms with Crippen molar-refractivity contribution in [2.75, 3.05) is 10.6 Å². The smallest absolute Gasteiger partial charge is 0.327 e. The zero-order chi connectivity index (χ0) is 25.3. The van der Waals surface area contributed by atoms with E-state index in [2.05, 4.69) is 10.6 Å². The standard InChI is InChI=1S/C20H18F6N4O4/c21-19(22,23)11-5-13(17(33)27-7-11)29-15(31)9-1-2-10(4-3-9)16(32)30-14-6-12(20(24,25)26)8-28-18(14)34/h5-10H,1-4H2,(H,27,33)(H,28,34)(H,29,31)(H,30,32). The van der Waals surface area contributed by atoms with Crippen molar-refractivity contribution in [2.45, 2.75) is 38.0 Å². The van der Waals surface area contributed by atoms with Crippen LogP contribution in [0.5, 0.6) is 0 Å². The molecule has 0 aliphatic heterocycles. The van der Waals surface area contributed by atoms with E-state index in [1.165, 1.54) is 0 Å². The monoisotopic (exact) mass is 492 g/mol. The van der Waals surface area contributed by atoms with E-state index in [4.69, 9.17) is 0 Å². The molecule has 0 spiro atoms. The Bertz CT molecular complexity index is 1100. The van der Waals surface area contributed by atoms with Crippen molar-refractivity contribution in [3.8, 4) is 0 Å². The predicted octanol–water partition coefficient (Wildman–Crippen LogP) is 3.48. The Balaban J connectivity index is 1.60. The van der Waals surface area contributed by atoms with E-state index >= 15 is 0 Å². The molecule has 14 heteroatoms. The van der Waals surface area contributed by atoms with Gasteiger partial charge >= 0.3 is 12.4 Å². The number of halogens is 6. The summed E-state index contributed by atoms with van der Waals surface area (Å²) in [6.45, 7) is 0. The molecular weight excluding hydrogens is 474 g/mol. The lowest BCUT2D eigenvalue weighted by Crippen LogP contribution is -2.34. The van der Waals surface area contributed by atoms with E-state index < -0.39 is 69.6 Å². The first-order valence-electron chi connectivity index (χ1n) is 9.97. The molecule has 4 N–H and O–H groups in total. The molecular formula is C20H18F6N4O4. The lowest BCUT2D eigenvalue weighted by atomic mass is 9.81. The Morgan fingerprint density at radius 1 is 0.706 bits per heavy atom. The Morgan fingerprint density at radius 3 is 1.32 bits per heavy atom. The van der Waals surface area contributed by atoms with Crippen molar-refractivity contribution in [1.29, 1.82) is 0 Å². The summed E-state index contributed by atoms with van der Waals surface area (Å²) in [4.78, 5) is 52.2. The molecule has 2 heterocycles. The number of aromatic nitrogens is 2. The Hall–Kier alpha value is -3.58. The van der Waals surface area contributed by atoms with E-state index in [1.807, 2.05) is 9.97 Å². The van der Waals surface area contributed by atoms with Crippen molar-refractivity contribution in [3.63, 3.8) is 0 Å². The summed E-state index contributed by atoms with van der Waals surface area (Å²) in [5.74, 6) is -2.79. The third kappa shape index (κ3) is 5.85. The van der Waals surface area contributed by atoms with Crippen molar-refractivity contribution >= 4 is 23.2 Å². The van der Waals surface area contributed by atoms with Crippen LogP contribution in [0, 0.1) is 11.8 Å². The van der Waals surface area contributed by atoms with Crippen LogP contribution in [0.4, 0.5) is 37.7 Å². The van der Waals surface area contributed by atoms with Crippen LogP contribution in [0.1, 0.15) is 36.8 Å². The molecule has 184 valence electrons.